The Morgan fingerprint density at radius 3 is 0.558 bits per heavy atom. The van der Waals surface area contributed by atoms with Crippen LogP contribution in [0, 0.1) is 11.6 Å². The zero-order chi connectivity index (χ0) is 92.9. The third-order valence-corrected chi connectivity index (χ3v) is 27.9. The topological polar surface area (TPSA) is 0 Å². The van der Waals surface area contributed by atoms with Gasteiger partial charge in [-0.25, -0.2) is 8.78 Å². The van der Waals surface area contributed by atoms with Crippen LogP contribution in [0.4, 0.5) is 8.78 Å². The molecule has 0 unspecified atom stereocenters. The van der Waals surface area contributed by atoms with Crippen molar-refractivity contribution >= 4 is 176 Å². The molecule has 0 aliphatic carbocycles. The average Bonchev–Trinajstić information content (AvgIpc) is 0.738. The molecule has 652 valence electrons. The van der Waals surface area contributed by atoms with E-state index in [0.717, 1.165) is 109 Å². The van der Waals surface area contributed by atoms with Crippen molar-refractivity contribution in [3.8, 4) is 111 Å². The Hall–Kier alpha value is -16.1. The zero-order valence-electron chi connectivity index (χ0n) is 74.6. The fourth-order valence-corrected chi connectivity index (χ4v) is 21.2. The predicted octanol–water partition coefficient (Wildman–Crippen LogP) is 40.1. The van der Waals surface area contributed by atoms with Crippen molar-refractivity contribution in [2.24, 2.45) is 0 Å². The highest BCUT2D eigenvalue weighted by Crippen LogP contribution is 2.52. The first kappa shape index (κ1) is 86.0. The maximum absolute atomic E-state index is 13.7. The van der Waals surface area contributed by atoms with E-state index in [1.54, 1.807) is 0 Å². The SMILES string of the molecule is Clc1ccc(-c2c3ccc(Cl)cc3c(-c3ccc(Cl)cc3)c3cc4ccc(Cl)cc4cc23)cc1.Fc1ccc(-c2c3ccccc3c(-c3ccc(F)cc3)c3cc4ccccc4cc23)cc1.c1ccc(-c2c3ccccc3c(-c3ccccc3)c3cc4ccccc4cc23)cc1.c1ccc(-c2ccc(-c3c4ccccc4c(-c4ccc(-c5ccccc5)cc4)c4cc5ccccc5cc34)cc2)cc1. The Morgan fingerprint density at radius 2 is 0.275 bits per heavy atom. The van der Waals surface area contributed by atoms with Gasteiger partial charge in [-0.1, -0.05) is 423 Å². The molecule has 0 bridgehead atoms. The fraction of sp³-hybridized carbons (Fsp3) is 0. The van der Waals surface area contributed by atoms with E-state index in [2.05, 4.69) is 376 Å². The molecule has 0 fully saturated rings. The third-order valence-electron chi connectivity index (χ3n) is 26.9. The normalized spacial score (nSPS) is 11.4. The molecule has 0 aromatic heterocycles. The number of halogens is 6. The molecule has 0 nitrogen and oxygen atoms in total. The summed E-state index contributed by atoms with van der Waals surface area (Å²) in [5.74, 6) is -0.508. The lowest BCUT2D eigenvalue weighted by atomic mass is 9.84. The molecule has 0 saturated carbocycles. The number of hydrogen-bond donors (Lipinski definition) is 0. The van der Waals surface area contributed by atoms with Gasteiger partial charge in [0.15, 0.2) is 0 Å². The maximum Gasteiger partial charge on any atom is 0.123 e. The molecule has 26 aromatic carbocycles. The zero-order valence-corrected chi connectivity index (χ0v) is 77.6. The molecule has 0 atom stereocenters. The minimum atomic E-state index is -0.254. The maximum atomic E-state index is 13.7. The Balaban J connectivity index is 0.000000104. The van der Waals surface area contributed by atoms with Gasteiger partial charge in [-0.3, -0.25) is 0 Å². The lowest BCUT2D eigenvalue weighted by Crippen LogP contribution is -1.92. The summed E-state index contributed by atoms with van der Waals surface area (Å²) in [6.07, 6.45) is 0. The summed E-state index contributed by atoms with van der Waals surface area (Å²) in [4.78, 5) is 0. The molecule has 138 heavy (non-hydrogen) atoms. The van der Waals surface area contributed by atoms with Gasteiger partial charge in [0.25, 0.3) is 0 Å². The van der Waals surface area contributed by atoms with Gasteiger partial charge < -0.3 is 0 Å². The van der Waals surface area contributed by atoms with E-state index in [1.165, 1.54) is 156 Å². The average molecular weight is 1850 g/mol. The number of fused-ring (bicyclic) bond motifs is 12. The Morgan fingerprint density at radius 1 is 0.109 bits per heavy atom. The molecule has 0 aliphatic rings. The van der Waals surface area contributed by atoms with Gasteiger partial charge in [0.2, 0.25) is 0 Å². The number of benzene rings is 26. The van der Waals surface area contributed by atoms with Crippen molar-refractivity contribution in [1.82, 2.24) is 0 Å². The number of rotatable bonds is 10. The van der Waals surface area contributed by atoms with E-state index in [0.29, 0.717) is 20.1 Å². The van der Waals surface area contributed by atoms with Crippen LogP contribution in [0.2, 0.25) is 20.1 Å². The highest BCUT2D eigenvalue weighted by molar-refractivity contribution is 6.35. The van der Waals surface area contributed by atoms with Gasteiger partial charge in [-0.05, 0) is 362 Å². The predicted molar refractivity (Wildman–Crippen MR) is 590 cm³/mol. The van der Waals surface area contributed by atoms with E-state index in [-0.39, 0.29) is 11.6 Å². The second kappa shape index (κ2) is 37.3. The Kier molecular flexibility index (Phi) is 23.2. The van der Waals surface area contributed by atoms with Crippen LogP contribution < -0.4 is 0 Å². The van der Waals surface area contributed by atoms with Crippen molar-refractivity contribution in [2.75, 3.05) is 0 Å². The smallest absolute Gasteiger partial charge is 0.123 e. The van der Waals surface area contributed by atoms with E-state index in [9.17, 15) is 8.78 Å². The molecule has 0 heterocycles. The minimum absolute atomic E-state index is 0.254. The van der Waals surface area contributed by atoms with Gasteiger partial charge in [0.05, 0.1) is 0 Å². The molecule has 0 saturated heterocycles. The van der Waals surface area contributed by atoms with Gasteiger partial charge in [0, 0.05) is 20.1 Å². The minimum Gasteiger partial charge on any atom is -0.207 e. The molecule has 6 heteroatoms. The second-order valence-corrected chi connectivity index (χ2v) is 36.8. The molecule has 0 radical (unpaired) electrons. The monoisotopic (exact) mass is 1840 g/mol. The standard InChI is InChI=1S/C42H28.C30H16Cl4.C30H18F2.C30H20/c1-3-11-29(12-4-1)31-19-23-33(24-20-31)41-37-17-9-10-18-38(37)42(40-28-36-16-8-7-15-35(36)27-39(40)41)34-25-21-32(22-26-34)30-13-5-2-6-14-30;31-21-6-1-17(2-7-21)29-25-12-11-24(34)16-28(25)30(18-3-8-22(32)9-4-18)26-14-19-5-10-23(33)13-20(19)15-27(26)29;31-23-13-9-19(10-14-23)29-25-7-3-4-8-26(25)30(20-11-15-24(32)16-12-20)28-18-22-6-2-1-5-21(22)17-27(28)29;1-3-11-21(12-4-1)29-25-17-9-10-18-26(25)30(22-13-5-2-6-14-22)28-20-24-16-8-7-15-23(24)19-27(28)29/h1-28H;1-16H;1-18H;1-20H. The quantitative estimate of drug-likeness (QED) is 0.120. The van der Waals surface area contributed by atoms with Gasteiger partial charge >= 0.3 is 0 Å². The lowest BCUT2D eigenvalue weighted by molar-refractivity contribution is 0.627. The molecular formula is C132H82Cl4F2. The highest BCUT2D eigenvalue weighted by atomic mass is 35.5. The molecule has 0 spiro atoms. The van der Waals surface area contributed by atoms with Crippen molar-refractivity contribution in [2.45, 2.75) is 0 Å². The van der Waals surface area contributed by atoms with E-state index < -0.39 is 0 Å². The Bertz CT molecular complexity index is 8780. The lowest BCUT2D eigenvalue weighted by Gasteiger charge is -2.19. The molecule has 26 rings (SSSR count). The van der Waals surface area contributed by atoms with E-state index >= 15 is 0 Å². The Labute approximate surface area is 818 Å². The van der Waals surface area contributed by atoms with Crippen molar-refractivity contribution in [3.63, 3.8) is 0 Å². The van der Waals surface area contributed by atoms with Crippen LogP contribution in [0.25, 0.3) is 241 Å². The van der Waals surface area contributed by atoms with Crippen LogP contribution in [-0.2, 0) is 0 Å². The fourth-order valence-electron chi connectivity index (χ4n) is 20.6. The summed E-state index contributed by atoms with van der Waals surface area (Å²) in [5, 5.41) is 31.5. The van der Waals surface area contributed by atoms with Crippen molar-refractivity contribution < 1.29 is 8.78 Å². The van der Waals surface area contributed by atoms with Gasteiger partial charge in [-0.15, -0.1) is 0 Å². The first-order valence-corrected chi connectivity index (χ1v) is 47.8. The summed E-state index contributed by atoms with van der Waals surface area (Å²) < 4.78 is 27.5. The number of hydrogen-bond acceptors (Lipinski definition) is 0. The van der Waals surface area contributed by atoms with Crippen LogP contribution in [0.1, 0.15) is 0 Å². The van der Waals surface area contributed by atoms with Gasteiger partial charge in [-0.2, -0.15) is 0 Å². The van der Waals surface area contributed by atoms with Crippen LogP contribution in [0.15, 0.2) is 497 Å². The molecule has 0 N–H and O–H groups in total. The largest absolute Gasteiger partial charge is 0.207 e. The third kappa shape index (κ3) is 16.6. The van der Waals surface area contributed by atoms with Crippen LogP contribution in [0.3, 0.4) is 0 Å². The molecule has 0 aliphatic heterocycles. The van der Waals surface area contributed by atoms with Crippen molar-refractivity contribution in [3.05, 3.63) is 529 Å². The molecule has 26 aromatic rings. The van der Waals surface area contributed by atoms with Crippen LogP contribution in [0.5, 0.6) is 0 Å². The summed E-state index contributed by atoms with van der Waals surface area (Å²) in [6.45, 7) is 0. The first-order valence-electron chi connectivity index (χ1n) is 46.3. The summed E-state index contributed by atoms with van der Waals surface area (Å²) >= 11 is 25.3. The van der Waals surface area contributed by atoms with E-state index in [4.69, 9.17) is 46.4 Å². The highest BCUT2D eigenvalue weighted by Gasteiger charge is 2.25. The van der Waals surface area contributed by atoms with Gasteiger partial charge in [0.1, 0.15) is 11.6 Å². The second-order valence-electron chi connectivity index (χ2n) is 35.1. The summed E-state index contributed by atoms with van der Waals surface area (Å²) in [7, 11) is 0. The summed E-state index contributed by atoms with van der Waals surface area (Å²) in [5.41, 5.74) is 23.6. The molecule has 0 amide bonds. The van der Waals surface area contributed by atoms with E-state index in [1.807, 2.05) is 97.1 Å². The summed E-state index contributed by atoms with van der Waals surface area (Å²) in [6, 6.07) is 172. The molecular weight excluding hydrogens is 1770 g/mol. The van der Waals surface area contributed by atoms with Crippen molar-refractivity contribution in [1.29, 1.82) is 0 Å². The first-order chi connectivity index (χ1) is 67.9. The van der Waals surface area contributed by atoms with Crippen LogP contribution in [-0.4, -0.2) is 0 Å². The van der Waals surface area contributed by atoms with Crippen LogP contribution >= 0.6 is 46.4 Å².